The zero-order valence-electron chi connectivity index (χ0n) is 19.7. The molecule has 10 heteroatoms. The van der Waals surface area contributed by atoms with Crippen LogP contribution in [0.1, 0.15) is 32.6 Å². The van der Waals surface area contributed by atoms with Gasteiger partial charge in [0, 0.05) is 42.9 Å². The van der Waals surface area contributed by atoms with Crippen molar-refractivity contribution in [3.05, 3.63) is 47.3 Å². The van der Waals surface area contributed by atoms with Crippen molar-refractivity contribution in [1.82, 2.24) is 30.0 Å². The Labute approximate surface area is 211 Å². The first-order valence-corrected chi connectivity index (χ1v) is 12.6. The summed E-state index contributed by atoms with van der Waals surface area (Å²) in [7, 11) is 1.64. The van der Waals surface area contributed by atoms with Crippen molar-refractivity contribution in [1.29, 1.82) is 0 Å². The molecule has 1 aromatic carbocycles. The number of pyridine rings is 1. The lowest BCUT2D eigenvalue weighted by atomic mass is 9.85. The van der Waals surface area contributed by atoms with E-state index in [2.05, 4.69) is 41.6 Å². The van der Waals surface area contributed by atoms with Crippen LogP contribution in [-0.4, -0.2) is 56.4 Å². The average molecular weight is 538 g/mol. The van der Waals surface area contributed by atoms with Crippen LogP contribution in [0.4, 0.5) is 5.95 Å². The van der Waals surface area contributed by atoms with Crippen molar-refractivity contribution in [3.8, 4) is 5.69 Å². The Morgan fingerprint density at radius 2 is 2.17 bits per heavy atom. The molecule has 0 saturated heterocycles. The molecule has 1 aliphatic rings. The molecule has 3 atom stereocenters. The number of rotatable bonds is 7. The molecule has 0 radical (unpaired) electrons. The van der Waals surface area contributed by atoms with Crippen LogP contribution in [0.3, 0.4) is 0 Å². The van der Waals surface area contributed by atoms with E-state index in [1.807, 2.05) is 41.9 Å². The lowest BCUT2D eigenvalue weighted by Crippen LogP contribution is -2.42. The van der Waals surface area contributed by atoms with Gasteiger partial charge in [0.15, 0.2) is 5.65 Å². The molecule has 4 aromatic rings. The van der Waals surface area contributed by atoms with Gasteiger partial charge in [-0.15, -0.1) is 0 Å². The summed E-state index contributed by atoms with van der Waals surface area (Å²) < 4.78 is 7.63. The van der Waals surface area contributed by atoms with Crippen LogP contribution in [0.2, 0.25) is 0 Å². The summed E-state index contributed by atoms with van der Waals surface area (Å²) in [5.41, 5.74) is 2.53. The number of hydrogen-bond acceptors (Lipinski definition) is 7. The second-order valence-electron chi connectivity index (χ2n) is 9.08. The van der Waals surface area contributed by atoms with E-state index in [-0.39, 0.29) is 23.9 Å². The van der Waals surface area contributed by atoms with Gasteiger partial charge in [-0.25, -0.2) is 9.67 Å². The molecule has 0 aliphatic heterocycles. The number of anilines is 1. The maximum Gasteiger partial charge on any atom is 0.224 e. The molecule has 1 unspecified atom stereocenters. The zero-order chi connectivity index (χ0) is 24.4. The number of carbonyl (C=O) groups excluding carboxylic acids is 1. The number of benzene rings is 1. The highest BCUT2D eigenvalue weighted by molar-refractivity contribution is 9.10. The van der Waals surface area contributed by atoms with Crippen molar-refractivity contribution >= 4 is 49.7 Å². The van der Waals surface area contributed by atoms with Gasteiger partial charge in [0.1, 0.15) is 4.60 Å². The number of hydrogen-bond donors (Lipinski definition) is 2. The fraction of sp³-hybridized carbons (Fsp3) is 0.400. The Bertz CT molecular complexity index is 1360. The summed E-state index contributed by atoms with van der Waals surface area (Å²) >= 11 is 3.54. The maximum absolute atomic E-state index is 12.7. The molecule has 35 heavy (non-hydrogen) atoms. The highest BCUT2D eigenvalue weighted by Crippen LogP contribution is 2.29. The van der Waals surface area contributed by atoms with Crippen LogP contribution >= 0.6 is 15.9 Å². The van der Waals surface area contributed by atoms with E-state index in [9.17, 15) is 4.79 Å². The molecule has 5 rings (SSSR count). The van der Waals surface area contributed by atoms with Crippen LogP contribution in [0.5, 0.6) is 0 Å². The largest absolute Gasteiger partial charge is 0.383 e. The fourth-order valence-electron chi connectivity index (χ4n) is 4.71. The van der Waals surface area contributed by atoms with E-state index in [4.69, 9.17) is 9.72 Å². The quantitative estimate of drug-likeness (QED) is 0.362. The molecule has 2 N–H and O–H groups in total. The minimum absolute atomic E-state index is 0.00352. The molecule has 182 valence electrons. The standard InChI is InChI=1S/C25H28BrN7O2/c1-15(14-35-2)29-24(34)17-5-3-7-18(11-17)30-25-28-13-20-22(26)32-33(23(20)31-25)19-8-9-21-16(12-19)6-4-10-27-21/h4,6,8-10,12-13,15,17-18H,3,5,7,11,14H2,1-2H3,(H,29,34)(H,28,30,31)/t15?,17-,18-/m1/s1. The normalized spacial score (nSPS) is 19.1. The van der Waals surface area contributed by atoms with E-state index in [1.54, 1.807) is 19.5 Å². The molecule has 9 nitrogen and oxygen atoms in total. The van der Waals surface area contributed by atoms with Crippen molar-refractivity contribution in [2.45, 2.75) is 44.7 Å². The SMILES string of the molecule is COCC(C)NC(=O)[C@@H]1CCC[C@@H](Nc2ncc3c(Br)nn(-c4ccc5ncccc5c4)c3n2)C1. The number of ether oxygens (including phenoxy) is 1. The molecule has 3 heterocycles. The zero-order valence-corrected chi connectivity index (χ0v) is 21.3. The van der Waals surface area contributed by atoms with Gasteiger partial charge in [-0.1, -0.05) is 12.5 Å². The third kappa shape index (κ3) is 5.13. The van der Waals surface area contributed by atoms with Gasteiger partial charge in [0.05, 0.1) is 23.2 Å². The van der Waals surface area contributed by atoms with Crippen LogP contribution in [0.15, 0.2) is 47.3 Å². The Hall–Kier alpha value is -3.11. The minimum atomic E-state index is -0.0323. The van der Waals surface area contributed by atoms with E-state index in [0.717, 1.165) is 47.7 Å². The topological polar surface area (TPSA) is 107 Å². The van der Waals surface area contributed by atoms with Gasteiger partial charge in [-0.05, 0) is 66.4 Å². The smallest absolute Gasteiger partial charge is 0.224 e. The predicted octanol–water partition coefficient (Wildman–Crippen LogP) is 4.25. The summed E-state index contributed by atoms with van der Waals surface area (Å²) in [6, 6.07) is 10.1. The third-order valence-corrected chi connectivity index (χ3v) is 6.98. The maximum atomic E-state index is 12.7. The predicted molar refractivity (Wildman–Crippen MR) is 139 cm³/mol. The first-order chi connectivity index (χ1) is 17.0. The molecule has 0 spiro atoms. The summed E-state index contributed by atoms with van der Waals surface area (Å²) in [4.78, 5) is 26.4. The van der Waals surface area contributed by atoms with Crippen molar-refractivity contribution in [3.63, 3.8) is 0 Å². The third-order valence-electron chi connectivity index (χ3n) is 6.39. The lowest BCUT2D eigenvalue weighted by molar-refractivity contribution is -0.127. The second kappa shape index (κ2) is 10.2. The van der Waals surface area contributed by atoms with Crippen LogP contribution < -0.4 is 10.6 Å². The van der Waals surface area contributed by atoms with Crippen molar-refractivity contribution < 1.29 is 9.53 Å². The number of methoxy groups -OCH3 is 1. The average Bonchev–Trinajstić information content (AvgIpc) is 3.19. The van der Waals surface area contributed by atoms with Crippen LogP contribution in [0, 0.1) is 5.92 Å². The summed E-state index contributed by atoms with van der Waals surface area (Å²) in [6.45, 7) is 2.46. The molecular weight excluding hydrogens is 510 g/mol. The van der Waals surface area contributed by atoms with Gasteiger partial charge in [0.2, 0.25) is 11.9 Å². The molecule has 1 fully saturated rings. The van der Waals surface area contributed by atoms with Crippen molar-refractivity contribution in [2.24, 2.45) is 5.92 Å². The number of nitrogens with zero attached hydrogens (tertiary/aromatic N) is 5. The fourth-order valence-corrected chi connectivity index (χ4v) is 5.15. The van der Waals surface area contributed by atoms with Crippen LogP contribution in [-0.2, 0) is 9.53 Å². The monoisotopic (exact) mass is 537 g/mol. The Balaban J connectivity index is 1.36. The summed E-state index contributed by atoms with van der Waals surface area (Å²) in [6.07, 6.45) is 7.14. The molecule has 1 aliphatic carbocycles. The summed E-state index contributed by atoms with van der Waals surface area (Å²) in [5, 5.41) is 13.0. The lowest BCUT2D eigenvalue weighted by Gasteiger charge is -2.29. The van der Waals surface area contributed by atoms with E-state index >= 15 is 0 Å². The number of nitrogens with one attached hydrogen (secondary N) is 2. The first kappa shape index (κ1) is 23.6. The first-order valence-electron chi connectivity index (χ1n) is 11.8. The Morgan fingerprint density at radius 1 is 1.29 bits per heavy atom. The molecule has 1 amide bonds. The molecule has 3 aromatic heterocycles. The minimum Gasteiger partial charge on any atom is -0.383 e. The van der Waals surface area contributed by atoms with Gasteiger partial charge >= 0.3 is 0 Å². The number of aromatic nitrogens is 5. The Morgan fingerprint density at radius 3 is 3.03 bits per heavy atom. The van der Waals surface area contributed by atoms with Crippen molar-refractivity contribution in [2.75, 3.05) is 19.0 Å². The van der Waals surface area contributed by atoms with Gasteiger partial charge in [-0.3, -0.25) is 9.78 Å². The number of halogens is 1. The van der Waals surface area contributed by atoms with Gasteiger partial charge < -0.3 is 15.4 Å². The van der Waals surface area contributed by atoms with E-state index in [1.165, 1.54) is 0 Å². The van der Waals surface area contributed by atoms with Gasteiger partial charge in [-0.2, -0.15) is 10.1 Å². The number of fused-ring (bicyclic) bond motifs is 2. The number of amides is 1. The second-order valence-corrected chi connectivity index (χ2v) is 9.83. The van der Waals surface area contributed by atoms with Crippen LogP contribution in [0.25, 0.3) is 27.6 Å². The van der Waals surface area contributed by atoms with Gasteiger partial charge in [0.25, 0.3) is 0 Å². The Kier molecular flexibility index (Phi) is 6.92. The van der Waals surface area contributed by atoms with E-state index in [0.29, 0.717) is 22.8 Å². The highest BCUT2D eigenvalue weighted by atomic mass is 79.9. The molecule has 0 bridgehead atoms. The highest BCUT2D eigenvalue weighted by Gasteiger charge is 2.28. The van der Waals surface area contributed by atoms with E-state index < -0.39 is 0 Å². The number of carbonyl (C=O) groups is 1. The molecule has 1 saturated carbocycles. The summed E-state index contributed by atoms with van der Waals surface area (Å²) in [5.74, 6) is 0.591. The molecular formula is C25H28BrN7O2.